The fourth-order valence-electron chi connectivity index (χ4n) is 4.47. The van der Waals surface area contributed by atoms with E-state index in [2.05, 4.69) is 27.5 Å². The lowest BCUT2D eigenvalue weighted by atomic mass is 9.83. The van der Waals surface area contributed by atoms with Crippen molar-refractivity contribution < 1.29 is 0 Å². The van der Waals surface area contributed by atoms with Crippen LogP contribution in [0.5, 0.6) is 0 Å². The largest absolute Gasteiger partial charge is 0.271 e. The van der Waals surface area contributed by atoms with E-state index in [1.54, 1.807) is 12.4 Å². The first-order valence-electron chi connectivity index (χ1n) is 8.00. The van der Waals surface area contributed by atoms with Crippen molar-refractivity contribution in [2.24, 2.45) is 23.6 Å². The maximum Gasteiger partial charge on any atom is 0.0890 e. The van der Waals surface area contributed by atoms with E-state index in [1.807, 2.05) is 6.07 Å². The van der Waals surface area contributed by atoms with Crippen molar-refractivity contribution in [3.8, 4) is 0 Å². The average molecular weight is 282 g/mol. The Bertz CT molecular complexity index is 641. The molecule has 2 aliphatic rings. The van der Waals surface area contributed by atoms with Gasteiger partial charge in [0, 0.05) is 18.4 Å². The normalized spacial score (nSPS) is 29.1. The molecule has 0 aliphatic heterocycles. The van der Waals surface area contributed by atoms with Crippen LogP contribution >= 0.6 is 0 Å². The van der Waals surface area contributed by atoms with Crippen LogP contribution in [0.25, 0.3) is 11.0 Å². The van der Waals surface area contributed by atoms with E-state index < -0.39 is 0 Å². The van der Waals surface area contributed by atoms with Crippen LogP contribution in [0.15, 0.2) is 30.6 Å². The molecule has 0 saturated heterocycles. The molecule has 21 heavy (non-hydrogen) atoms. The molecule has 2 saturated carbocycles. The predicted octanol–water partition coefficient (Wildman–Crippen LogP) is 2.96. The summed E-state index contributed by atoms with van der Waals surface area (Å²) in [7, 11) is 0. The molecule has 1 aromatic carbocycles. The molecule has 0 radical (unpaired) electrons. The zero-order valence-electron chi connectivity index (χ0n) is 12.2. The molecule has 1 aromatic heterocycles. The second-order valence-corrected chi connectivity index (χ2v) is 6.69. The highest BCUT2D eigenvalue weighted by Gasteiger charge is 2.40. The van der Waals surface area contributed by atoms with Crippen LogP contribution in [0.2, 0.25) is 0 Å². The lowest BCUT2D eigenvalue weighted by Crippen LogP contribution is -2.30. The van der Waals surface area contributed by atoms with Crippen LogP contribution < -0.4 is 11.3 Å². The lowest BCUT2D eigenvalue weighted by molar-refractivity contribution is 0.280. The maximum atomic E-state index is 5.84. The number of nitrogens with one attached hydrogen (secondary N) is 1. The number of nitrogens with two attached hydrogens (primary N) is 1. The third kappa shape index (κ3) is 2.43. The molecule has 4 heteroatoms. The fourth-order valence-corrected chi connectivity index (χ4v) is 4.47. The van der Waals surface area contributed by atoms with Crippen molar-refractivity contribution in [1.29, 1.82) is 0 Å². The van der Waals surface area contributed by atoms with Crippen LogP contribution in [0.4, 0.5) is 0 Å². The topological polar surface area (TPSA) is 63.8 Å². The van der Waals surface area contributed by atoms with Gasteiger partial charge in [-0.3, -0.25) is 21.2 Å². The van der Waals surface area contributed by atoms with E-state index in [0.717, 1.165) is 35.2 Å². The van der Waals surface area contributed by atoms with Crippen molar-refractivity contribution in [2.75, 3.05) is 0 Å². The smallest absolute Gasteiger partial charge is 0.0890 e. The van der Waals surface area contributed by atoms with Gasteiger partial charge in [0.05, 0.1) is 11.0 Å². The number of hydrazine groups is 1. The number of fused-ring (bicyclic) bond motifs is 3. The maximum absolute atomic E-state index is 5.84. The summed E-state index contributed by atoms with van der Waals surface area (Å²) in [6.45, 7) is 0. The third-order valence-electron chi connectivity index (χ3n) is 5.52. The fraction of sp³-hybridized carbons (Fsp3) is 0.529. The second-order valence-electron chi connectivity index (χ2n) is 6.69. The monoisotopic (exact) mass is 282 g/mol. The quantitative estimate of drug-likeness (QED) is 0.668. The standard InChI is InChI=1S/C17H22N4/c18-21-16(10-14-8-11-1-2-12(14)7-11)13-3-4-15-17(9-13)20-6-5-19-15/h3-6,9,11-12,14,16,21H,1-2,7-8,10,18H2. The van der Waals surface area contributed by atoms with Gasteiger partial charge in [0.2, 0.25) is 0 Å². The molecule has 2 fully saturated rings. The minimum Gasteiger partial charge on any atom is -0.271 e. The molecule has 3 N–H and O–H groups in total. The Balaban J connectivity index is 1.56. The molecule has 0 spiro atoms. The minimum absolute atomic E-state index is 0.223. The van der Waals surface area contributed by atoms with Crippen molar-refractivity contribution in [2.45, 2.75) is 38.1 Å². The molecule has 2 aromatic rings. The summed E-state index contributed by atoms with van der Waals surface area (Å²) in [6, 6.07) is 6.53. The molecule has 2 bridgehead atoms. The molecular formula is C17H22N4. The average Bonchev–Trinajstić information content (AvgIpc) is 3.15. The molecule has 4 rings (SSSR count). The van der Waals surface area contributed by atoms with Crippen molar-refractivity contribution >= 4 is 11.0 Å². The van der Waals surface area contributed by atoms with E-state index >= 15 is 0 Å². The highest BCUT2D eigenvalue weighted by Crippen LogP contribution is 2.50. The van der Waals surface area contributed by atoms with Crippen LogP contribution in [0.1, 0.15) is 43.7 Å². The summed E-state index contributed by atoms with van der Waals surface area (Å²) in [5.74, 6) is 8.60. The minimum atomic E-state index is 0.223. The molecular weight excluding hydrogens is 260 g/mol. The van der Waals surface area contributed by atoms with Crippen LogP contribution in [-0.2, 0) is 0 Å². The first-order chi connectivity index (χ1) is 10.3. The van der Waals surface area contributed by atoms with E-state index in [9.17, 15) is 0 Å². The first kappa shape index (κ1) is 13.2. The Morgan fingerprint density at radius 1 is 1.14 bits per heavy atom. The Hall–Kier alpha value is -1.52. The number of aromatic nitrogens is 2. The highest BCUT2D eigenvalue weighted by molar-refractivity contribution is 5.74. The van der Waals surface area contributed by atoms with Crippen molar-refractivity contribution in [3.05, 3.63) is 36.2 Å². The summed E-state index contributed by atoms with van der Waals surface area (Å²) in [5.41, 5.74) is 6.14. The van der Waals surface area contributed by atoms with Crippen molar-refractivity contribution in [1.82, 2.24) is 15.4 Å². The second kappa shape index (κ2) is 5.35. The van der Waals surface area contributed by atoms with E-state index in [4.69, 9.17) is 5.84 Å². The van der Waals surface area contributed by atoms with Gasteiger partial charge in [-0.2, -0.15) is 0 Å². The lowest BCUT2D eigenvalue weighted by Gasteiger charge is -2.26. The van der Waals surface area contributed by atoms with Gasteiger partial charge in [0.15, 0.2) is 0 Å². The highest BCUT2D eigenvalue weighted by atomic mass is 15.2. The van der Waals surface area contributed by atoms with Crippen molar-refractivity contribution in [3.63, 3.8) is 0 Å². The molecule has 4 atom stereocenters. The SMILES string of the molecule is NNC(CC1CC2CCC1C2)c1ccc2nccnc2c1. The Morgan fingerprint density at radius 3 is 2.71 bits per heavy atom. The zero-order chi connectivity index (χ0) is 14.2. The molecule has 1 heterocycles. The summed E-state index contributed by atoms with van der Waals surface area (Å²) < 4.78 is 0. The van der Waals surface area contributed by atoms with Gasteiger partial charge in [0.25, 0.3) is 0 Å². The van der Waals surface area contributed by atoms with Gasteiger partial charge < -0.3 is 0 Å². The Kier molecular flexibility index (Phi) is 3.36. The van der Waals surface area contributed by atoms with E-state index in [1.165, 1.54) is 31.2 Å². The van der Waals surface area contributed by atoms with Gasteiger partial charge >= 0.3 is 0 Å². The van der Waals surface area contributed by atoms with E-state index in [0.29, 0.717) is 0 Å². The number of rotatable bonds is 4. The number of benzene rings is 1. The summed E-state index contributed by atoms with van der Waals surface area (Å²) in [4.78, 5) is 8.73. The van der Waals surface area contributed by atoms with Crippen LogP contribution in [0, 0.1) is 17.8 Å². The Morgan fingerprint density at radius 2 is 2.00 bits per heavy atom. The van der Waals surface area contributed by atoms with Gasteiger partial charge in [-0.1, -0.05) is 12.5 Å². The number of hydrogen-bond acceptors (Lipinski definition) is 4. The predicted molar refractivity (Wildman–Crippen MR) is 83.2 cm³/mol. The zero-order valence-corrected chi connectivity index (χ0v) is 12.2. The van der Waals surface area contributed by atoms with Gasteiger partial charge in [-0.15, -0.1) is 0 Å². The van der Waals surface area contributed by atoms with Crippen LogP contribution in [0.3, 0.4) is 0 Å². The van der Waals surface area contributed by atoms with Gasteiger partial charge in [-0.05, 0) is 61.1 Å². The number of hydrogen-bond donors (Lipinski definition) is 2. The molecule has 110 valence electrons. The molecule has 0 amide bonds. The molecule has 4 nitrogen and oxygen atoms in total. The Labute approximate surface area is 125 Å². The summed E-state index contributed by atoms with van der Waals surface area (Å²) >= 11 is 0. The number of nitrogens with zero attached hydrogens (tertiary/aromatic N) is 2. The summed E-state index contributed by atoms with van der Waals surface area (Å²) in [5, 5.41) is 0. The van der Waals surface area contributed by atoms with E-state index in [-0.39, 0.29) is 6.04 Å². The summed E-state index contributed by atoms with van der Waals surface area (Å²) in [6.07, 6.45) is 10.3. The molecule has 4 unspecified atom stereocenters. The first-order valence-corrected chi connectivity index (χ1v) is 8.00. The van der Waals surface area contributed by atoms with Gasteiger partial charge in [-0.25, -0.2) is 0 Å². The van der Waals surface area contributed by atoms with Gasteiger partial charge in [0.1, 0.15) is 0 Å². The third-order valence-corrected chi connectivity index (χ3v) is 5.52. The van der Waals surface area contributed by atoms with Crippen LogP contribution in [-0.4, -0.2) is 9.97 Å². The molecule has 2 aliphatic carbocycles.